The highest BCUT2D eigenvalue weighted by Gasteiger charge is 2.39. The van der Waals surface area contributed by atoms with E-state index >= 15 is 0 Å². The van der Waals surface area contributed by atoms with E-state index in [1.807, 2.05) is 66.7 Å². The van der Waals surface area contributed by atoms with Crippen molar-refractivity contribution in [2.45, 2.75) is 45.6 Å². The second kappa shape index (κ2) is 11.5. The summed E-state index contributed by atoms with van der Waals surface area (Å²) in [5, 5.41) is 13.5. The first kappa shape index (κ1) is 28.3. The molecule has 0 radical (unpaired) electrons. The van der Waals surface area contributed by atoms with Gasteiger partial charge in [-0.2, -0.15) is 8.42 Å². The zero-order valence-electron chi connectivity index (χ0n) is 22.7. The van der Waals surface area contributed by atoms with E-state index < -0.39 is 18.3 Å². The first-order valence-electron chi connectivity index (χ1n) is 12.8. The van der Waals surface area contributed by atoms with E-state index in [9.17, 15) is 18.3 Å². The monoisotopic (exact) mass is 565 g/mol. The molecule has 0 fully saturated rings. The highest BCUT2D eigenvalue weighted by molar-refractivity contribution is 7.91. The molecular formula is C29H35N3O5SSi. The molecule has 4 rings (SSSR count). The van der Waals surface area contributed by atoms with Crippen LogP contribution in [0.15, 0.2) is 84.9 Å². The molecule has 2 N–H and O–H groups in total. The largest absolute Gasteiger partial charge is 0.493 e. The van der Waals surface area contributed by atoms with Crippen LogP contribution < -0.4 is 14.4 Å². The first-order valence-corrected chi connectivity index (χ1v) is 17.9. The fourth-order valence-electron chi connectivity index (χ4n) is 4.23. The Bertz CT molecular complexity index is 1470. The van der Waals surface area contributed by atoms with Crippen molar-refractivity contribution in [1.82, 2.24) is 4.31 Å². The summed E-state index contributed by atoms with van der Waals surface area (Å²) in [6, 6.07) is 23.2. The van der Waals surface area contributed by atoms with Crippen molar-refractivity contribution in [2.24, 2.45) is 0 Å². The molecule has 39 heavy (non-hydrogen) atoms. The van der Waals surface area contributed by atoms with Crippen LogP contribution in [0.3, 0.4) is 0 Å². The summed E-state index contributed by atoms with van der Waals surface area (Å²) in [6.07, 6.45) is 1.73. The number of para-hydroxylation sites is 1. The van der Waals surface area contributed by atoms with Crippen molar-refractivity contribution in [3.05, 3.63) is 102 Å². The second-order valence-electron chi connectivity index (χ2n) is 10.8. The van der Waals surface area contributed by atoms with Crippen molar-refractivity contribution in [1.29, 1.82) is 0 Å². The number of anilines is 2. The maximum Gasteiger partial charge on any atom is 0.332 e. The summed E-state index contributed by atoms with van der Waals surface area (Å²) >= 11 is 0. The molecule has 0 saturated heterocycles. The van der Waals surface area contributed by atoms with Gasteiger partial charge in [-0.3, -0.25) is 4.79 Å². The fraction of sp³-hybridized carbons (Fsp3) is 0.276. The van der Waals surface area contributed by atoms with Crippen LogP contribution in [0.25, 0.3) is 0 Å². The fourth-order valence-corrected chi connectivity index (χ4v) is 6.73. The van der Waals surface area contributed by atoms with Crippen molar-refractivity contribution in [2.75, 3.05) is 16.2 Å². The Balaban J connectivity index is 1.68. The lowest BCUT2D eigenvalue weighted by Gasteiger charge is -2.25. The zero-order chi connectivity index (χ0) is 28.2. The Kier molecular flexibility index (Phi) is 8.36. The number of amides is 1. The van der Waals surface area contributed by atoms with Crippen LogP contribution in [-0.2, 0) is 28.0 Å². The average Bonchev–Trinajstić information content (AvgIpc) is 3.10. The molecule has 0 atom stereocenters. The van der Waals surface area contributed by atoms with Gasteiger partial charge in [0, 0.05) is 27.2 Å². The zero-order valence-corrected chi connectivity index (χ0v) is 24.5. The lowest BCUT2D eigenvalue weighted by molar-refractivity contribution is -0.114. The Morgan fingerprint density at radius 1 is 0.974 bits per heavy atom. The second-order valence-corrected chi connectivity index (χ2v) is 18.1. The van der Waals surface area contributed by atoms with Crippen LogP contribution in [0.1, 0.15) is 23.6 Å². The number of aliphatic hydroxyl groups excluding tert-OH is 1. The number of benzene rings is 3. The third-order valence-electron chi connectivity index (χ3n) is 6.30. The van der Waals surface area contributed by atoms with Gasteiger partial charge >= 0.3 is 10.2 Å². The molecule has 1 amide bonds. The number of ether oxygens (including phenoxy) is 1. The van der Waals surface area contributed by atoms with Crippen LogP contribution in [0.5, 0.6) is 5.75 Å². The molecule has 0 aromatic heterocycles. The molecule has 10 heteroatoms. The number of carbonyl (C=O) groups is 1. The SMILES string of the molecule is CC(=O)Nc1ccccc1Cc1ccc(N2C=C(O)N(CC[Si](C)(C)C)S2(=O)=O)c(OCc2ccccc2)c1. The molecule has 3 aromatic rings. The normalized spacial score (nSPS) is 14.7. The van der Waals surface area contributed by atoms with Crippen molar-refractivity contribution < 1.29 is 23.1 Å². The molecule has 0 spiro atoms. The third-order valence-corrected chi connectivity index (χ3v) is 9.75. The molecule has 0 saturated carbocycles. The number of nitrogens with one attached hydrogen (secondary N) is 1. The minimum atomic E-state index is -4.03. The smallest absolute Gasteiger partial charge is 0.332 e. The summed E-state index contributed by atoms with van der Waals surface area (Å²) in [6.45, 7) is 8.40. The number of hydrogen-bond donors (Lipinski definition) is 2. The van der Waals surface area contributed by atoms with E-state index in [-0.39, 0.29) is 24.9 Å². The van der Waals surface area contributed by atoms with Gasteiger partial charge in [0.1, 0.15) is 18.0 Å². The van der Waals surface area contributed by atoms with Gasteiger partial charge < -0.3 is 15.2 Å². The standard InChI is InChI=1S/C29H35N3O5SSi/c1-22(33)30-26-13-9-8-12-25(26)18-24-14-15-27(28(19-24)37-21-23-10-6-5-7-11-23)32-20-29(34)31(38(32,35)36)16-17-39(2,3)4/h5-15,19-20,34H,16-18,21H2,1-4H3,(H,30,33). The van der Waals surface area contributed by atoms with Gasteiger partial charge in [0.2, 0.25) is 11.8 Å². The third kappa shape index (κ3) is 7.01. The maximum absolute atomic E-state index is 13.5. The van der Waals surface area contributed by atoms with Gasteiger partial charge in [-0.15, -0.1) is 0 Å². The van der Waals surface area contributed by atoms with Gasteiger partial charge in [0.25, 0.3) is 0 Å². The summed E-state index contributed by atoms with van der Waals surface area (Å²) in [4.78, 5) is 11.7. The summed E-state index contributed by atoms with van der Waals surface area (Å²) < 4.78 is 35.4. The van der Waals surface area contributed by atoms with Gasteiger partial charge in [-0.1, -0.05) is 74.2 Å². The molecule has 1 aliphatic rings. The Morgan fingerprint density at radius 2 is 1.67 bits per heavy atom. The number of hydrogen-bond acceptors (Lipinski definition) is 5. The predicted octanol–water partition coefficient (Wildman–Crippen LogP) is 5.88. The first-order chi connectivity index (χ1) is 18.4. The number of aliphatic hydroxyl groups is 1. The average molecular weight is 566 g/mol. The van der Waals surface area contributed by atoms with Gasteiger partial charge in [0.15, 0.2) is 0 Å². The minimum Gasteiger partial charge on any atom is -0.493 e. The highest BCUT2D eigenvalue weighted by Crippen LogP contribution is 2.38. The highest BCUT2D eigenvalue weighted by atomic mass is 32.2. The van der Waals surface area contributed by atoms with Crippen LogP contribution in [0, 0.1) is 0 Å². The summed E-state index contributed by atoms with van der Waals surface area (Å²) in [5.74, 6) is -0.0993. The molecule has 1 aliphatic heterocycles. The topological polar surface area (TPSA) is 99.2 Å². The Morgan fingerprint density at radius 3 is 2.36 bits per heavy atom. The maximum atomic E-state index is 13.5. The van der Waals surface area contributed by atoms with Gasteiger partial charge in [-0.25, -0.2) is 8.61 Å². The van der Waals surface area contributed by atoms with E-state index in [4.69, 9.17) is 4.74 Å². The summed E-state index contributed by atoms with van der Waals surface area (Å²) in [5.41, 5.74) is 3.75. The predicted molar refractivity (Wildman–Crippen MR) is 158 cm³/mol. The van der Waals surface area contributed by atoms with Crippen molar-refractivity contribution in [3.8, 4) is 5.75 Å². The molecule has 206 valence electrons. The van der Waals surface area contributed by atoms with Gasteiger partial charge in [-0.05, 0) is 47.4 Å². The molecule has 0 bridgehead atoms. The minimum absolute atomic E-state index is 0.158. The van der Waals surface area contributed by atoms with E-state index in [1.54, 1.807) is 6.07 Å². The van der Waals surface area contributed by atoms with Gasteiger partial charge in [0.05, 0.1) is 6.20 Å². The molecule has 0 unspecified atom stereocenters. The Hall–Kier alpha value is -3.76. The van der Waals surface area contributed by atoms with E-state index in [0.29, 0.717) is 29.6 Å². The van der Waals surface area contributed by atoms with Crippen LogP contribution in [-0.4, -0.2) is 38.4 Å². The van der Waals surface area contributed by atoms with Crippen molar-refractivity contribution >= 4 is 35.6 Å². The van der Waals surface area contributed by atoms with Crippen LogP contribution in [0.4, 0.5) is 11.4 Å². The molecule has 8 nitrogen and oxygen atoms in total. The quantitative estimate of drug-likeness (QED) is 0.299. The number of rotatable bonds is 10. The van der Waals surface area contributed by atoms with Crippen LogP contribution >= 0.6 is 0 Å². The molecule has 3 aromatic carbocycles. The lowest BCUT2D eigenvalue weighted by Crippen LogP contribution is -2.37. The van der Waals surface area contributed by atoms with E-state index in [1.165, 1.54) is 13.1 Å². The van der Waals surface area contributed by atoms with E-state index in [2.05, 4.69) is 25.0 Å². The Labute approximate surface area is 231 Å². The number of carbonyl (C=O) groups excluding carboxylic acids is 1. The van der Waals surface area contributed by atoms with E-state index in [0.717, 1.165) is 25.3 Å². The van der Waals surface area contributed by atoms with Crippen LogP contribution in [0.2, 0.25) is 25.7 Å². The number of nitrogens with zero attached hydrogens (tertiary/aromatic N) is 2. The lowest BCUT2D eigenvalue weighted by atomic mass is 10.0. The summed E-state index contributed by atoms with van der Waals surface area (Å²) in [7, 11) is -5.58. The van der Waals surface area contributed by atoms with Crippen molar-refractivity contribution in [3.63, 3.8) is 0 Å². The molecule has 1 heterocycles. The molecule has 0 aliphatic carbocycles. The molecular weight excluding hydrogens is 530 g/mol.